The minimum Gasteiger partial charge on any atom is -0.377 e. The molecule has 0 aromatic carbocycles. The summed E-state index contributed by atoms with van der Waals surface area (Å²) in [6.45, 7) is 17.7. The highest BCUT2D eigenvalue weighted by atomic mass is 16.5. The first-order chi connectivity index (χ1) is 15.2. The average molecular weight is 455 g/mol. The van der Waals surface area contributed by atoms with E-state index in [1.165, 1.54) is 44.9 Å². The van der Waals surface area contributed by atoms with E-state index in [-0.39, 0.29) is 27.8 Å². The van der Waals surface area contributed by atoms with Crippen molar-refractivity contribution >= 4 is 11.6 Å². The maximum Gasteiger partial charge on any atom is 0.204 e. The Balaban J connectivity index is 1.41. The Kier molecular flexibility index (Phi) is 4.37. The van der Waals surface area contributed by atoms with Gasteiger partial charge in [0.15, 0.2) is 5.78 Å². The number of rotatable bonds is 0. The van der Waals surface area contributed by atoms with Gasteiger partial charge in [0, 0.05) is 11.8 Å². The van der Waals surface area contributed by atoms with Gasteiger partial charge in [-0.3, -0.25) is 9.59 Å². The summed E-state index contributed by atoms with van der Waals surface area (Å²) in [6.07, 6.45) is 11.0. The molecule has 6 rings (SSSR count). The van der Waals surface area contributed by atoms with Gasteiger partial charge in [-0.2, -0.15) is 0 Å². The number of Topliss-reactive ketones (excluding diaryl/α,β-unsaturated/α-hetero) is 2. The first-order valence-electron chi connectivity index (χ1n) is 13.9. The van der Waals surface area contributed by atoms with Crippen molar-refractivity contribution in [1.29, 1.82) is 0 Å². The Morgan fingerprint density at radius 1 is 0.758 bits per heavy atom. The van der Waals surface area contributed by atoms with Crippen LogP contribution in [0.15, 0.2) is 0 Å². The molecule has 33 heavy (non-hydrogen) atoms. The maximum atomic E-state index is 13.0. The second-order valence-electron chi connectivity index (χ2n) is 15.4. The molecule has 5 saturated carbocycles. The number of fused-ring (bicyclic) bond motifs is 5. The van der Waals surface area contributed by atoms with Gasteiger partial charge in [0.1, 0.15) is 0 Å². The van der Waals surface area contributed by atoms with E-state index in [4.69, 9.17) is 4.74 Å². The highest BCUT2D eigenvalue weighted by Gasteiger charge is 2.73. The predicted molar refractivity (Wildman–Crippen MR) is 130 cm³/mol. The molecule has 0 spiro atoms. The van der Waals surface area contributed by atoms with Crippen LogP contribution in [0.25, 0.3) is 0 Å². The first-order valence-corrected chi connectivity index (χ1v) is 13.9. The summed E-state index contributed by atoms with van der Waals surface area (Å²) in [5, 5.41) is 0. The van der Waals surface area contributed by atoms with Crippen LogP contribution in [0.1, 0.15) is 106 Å². The van der Waals surface area contributed by atoms with Crippen molar-refractivity contribution in [3.05, 3.63) is 0 Å². The zero-order valence-electron chi connectivity index (χ0n) is 22.2. The normalized spacial score (nSPS) is 56.4. The van der Waals surface area contributed by atoms with Crippen molar-refractivity contribution < 1.29 is 14.3 Å². The van der Waals surface area contributed by atoms with Crippen LogP contribution in [0.4, 0.5) is 0 Å². The van der Waals surface area contributed by atoms with E-state index < -0.39 is 5.41 Å². The van der Waals surface area contributed by atoms with Gasteiger partial charge in [-0.1, -0.05) is 48.5 Å². The van der Waals surface area contributed by atoms with Crippen LogP contribution in [-0.2, 0) is 14.3 Å². The van der Waals surface area contributed by atoms with Crippen molar-refractivity contribution in [3.63, 3.8) is 0 Å². The molecule has 6 fully saturated rings. The highest BCUT2D eigenvalue weighted by molar-refractivity contribution is 6.39. The van der Waals surface area contributed by atoms with Crippen LogP contribution >= 0.6 is 0 Å². The van der Waals surface area contributed by atoms with Crippen molar-refractivity contribution in [3.8, 4) is 0 Å². The third-order valence-electron chi connectivity index (χ3n) is 13.7. The van der Waals surface area contributed by atoms with E-state index in [0.717, 1.165) is 18.9 Å². The monoisotopic (exact) mass is 454 g/mol. The standard InChI is InChI=1S/C30H46O3/c1-25(2)12-14-30-15-13-28(6)18(22(30)24(25)33-17-30)8-9-21-27(5)16-19(31)23(32)26(3,4)20(27)10-11-29(21,28)7/h18,20-22,24H,8-17H2,1-7H3/t18?,20?,21?,22?,24?,27-,28-,29+,30?/m0/s1. The molecule has 1 saturated heterocycles. The molecular formula is C30H46O3. The zero-order valence-corrected chi connectivity index (χ0v) is 22.2. The van der Waals surface area contributed by atoms with Gasteiger partial charge in [0.2, 0.25) is 5.78 Å². The summed E-state index contributed by atoms with van der Waals surface area (Å²) in [5.74, 6) is 2.09. The summed E-state index contributed by atoms with van der Waals surface area (Å²) in [4.78, 5) is 25.9. The van der Waals surface area contributed by atoms with E-state index in [0.29, 0.717) is 41.1 Å². The molecule has 2 bridgehead atoms. The van der Waals surface area contributed by atoms with Crippen LogP contribution in [0.5, 0.6) is 0 Å². The molecule has 0 aromatic rings. The van der Waals surface area contributed by atoms with E-state index in [2.05, 4.69) is 48.5 Å². The molecule has 0 N–H and O–H groups in total. The minimum atomic E-state index is -0.514. The Bertz CT molecular complexity index is 918. The third kappa shape index (κ3) is 2.47. The van der Waals surface area contributed by atoms with Crippen molar-refractivity contribution in [2.75, 3.05) is 6.61 Å². The smallest absolute Gasteiger partial charge is 0.204 e. The largest absolute Gasteiger partial charge is 0.377 e. The number of carbonyl (C=O) groups excluding carboxylic acids is 2. The molecule has 0 aromatic heterocycles. The summed E-state index contributed by atoms with van der Waals surface area (Å²) in [6, 6.07) is 0. The molecule has 1 heterocycles. The average Bonchev–Trinajstić information content (AvgIpc) is 3.06. The fourth-order valence-electron chi connectivity index (χ4n) is 11.7. The Morgan fingerprint density at radius 2 is 1.45 bits per heavy atom. The van der Waals surface area contributed by atoms with Gasteiger partial charge in [-0.25, -0.2) is 0 Å². The van der Waals surface area contributed by atoms with Crippen LogP contribution in [0.2, 0.25) is 0 Å². The van der Waals surface area contributed by atoms with Gasteiger partial charge in [-0.15, -0.1) is 0 Å². The molecular weight excluding hydrogens is 408 g/mol. The number of ketones is 2. The van der Waals surface area contributed by atoms with Gasteiger partial charge in [0.25, 0.3) is 0 Å². The highest BCUT2D eigenvalue weighted by Crippen LogP contribution is 2.77. The van der Waals surface area contributed by atoms with Crippen molar-refractivity contribution in [2.45, 2.75) is 112 Å². The number of carbonyl (C=O) groups is 2. The Hall–Kier alpha value is -0.700. The molecule has 6 unspecified atom stereocenters. The second kappa shape index (κ2) is 6.34. The molecule has 3 heteroatoms. The van der Waals surface area contributed by atoms with Gasteiger partial charge in [0.05, 0.1) is 12.7 Å². The second-order valence-corrected chi connectivity index (χ2v) is 15.4. The number of hydrogen-bond acceptors (Lipinski definition) is 3. The summed E-state index contributed by atoms with van der Waals surface area (Å²) >= 11 is 0. The predicted octanol–water partition coefficient (Wildman–Crippen LogP) is 6.62. The lowest BCUT2D eigenvalue weighted by atomic mass is 9.31. The fourth-order valence-corrected chi connectivity index (χ4v) is 11.7. The van der Waals surface area contributed by atoms with Crippen molar-refractivity contribution in [1.82, 2.24) is 0 Å². The first kappa shape index (κ1) is 22.7. The van der Waals surface area contributed by atoms with E-state index >= 15 is 0 Å². The molecule has 0 amide bonds. The van der Waals surface area contributed by atoms with Gasteiger partial charge >= 0.3 is 0 Å². The lowest BCUT2D eigenvalue weighted by Crippen LogP contribution is -2.68. The van der Waals surface area contributed by atoms with Crippen LogP contribution < -0.4 is 0 Å². The lowest BCUT2D eigenvalue weighted by molar-refractivity contribution is -0.238. The lowest BCUT2D eigenvalue weighted by Gasteiger charge is -2.72. The van der Waals surface area contributed by atoms with Gasteiger partial charge < -0.3 is 4.74 Å². The summed E-state index contributed by atoms with van der Waals surface area (Å²) in [5.41, 5.74) is 0.674. The topological polar surface area (TPSA) is 43.4 Å². The molecule has 5 aliphatic carbocycles. The molecule has 6 aliphatic rings. The molecule has 9 atom stereocenters. The van der Waals surface area contributed by atoms with E-state index in [1.54, 1.807) is 0 Å². The number of ether oxygens (including phenoxy) is 1. The zero-order chi connectivity index (χ0) is 23.8. The third-order valence-corrected chi connectivity index (χ3v) is 13.7. The molecule has 184 valence electrons. The van der Waals surface area contributed by atoms with Crippen LogP contribution in [0, 0.1) is 56.2 Å². The summed E-state index contributed by atoms with van der Waals surface area (Å²) < 4.78 is 6.67. The molecule has 0 radical (unpaired) electrons. The van der Waals surface area contributed by atoms with Crippen molar-refractivity contribution in [2.24, 2.45) is 56.2 Å². The Morgan fingerprint density at radius 3 is 2.18 bits per heavy atom. The molecule has 1 aliphatic heterocycles. The summed E-state index contributed by atoms with van der Waals surface area (Å²) in [7, 11) is 0. The van der Waals surface area contributed by atoms with E-state index in [1.807, 2.05) is 0 Å². The Labute approximate surface area is 201 Å². The SMILES string of the molecule is CC1(C)CCC23CC[C@@]4(C)C(CCC5[C@@]6(C)CC(=O)C(=O)C(C)(C)C6CC[C@]54C)C2C1OC3. The van der Waals surface area contributed by atoms with E-state index in [9.17, 15) is 9.59 Å². The van der Waals surface area contributed by atoms with Crippen LogP contribution in [-0.4, -0.2) is 24.3 Å². The number of hydrogen-bond donors (Lipinski definition) is 0. The maximum absolute atomic E-state index is 13.0. The molecule has 3 nitrogen and oxygen atoms in total. The minimum absolute atomic E-state index is 0.0497. The van der Waals surface area contributed by atoms with Crippen LogP contribution in [0.3, 0.4) is 0 Å². The quantitative estimate of drug-likeness (QED) is 0.386. The fraction of sp³-hybridized carbons (Fsp3) is 0.933. The van der Waals surface area contributed by atoms with Gasteiger partial charge in [-0.05, 0) is 102 Å².